The molecule has 0 amide bonds. The normalized spacial score (nSPS) is 14.9. The van der Waals surface area contributed by atoms with Gasteiger partial charge in [0.15, 0.2) is 11.5 Å². The Kier molecular flexibility index (Phi) is 6.01. The number of likely N-dealkylation sites (N-methyl/N-ethyl adjacent to an activating group) is 1. The molecule has 0 saturated heterocycles. The second-order valence-electron chi connectivity index (χ2n) is 7.57. The lowest BCUT2D eigenvalue weighted by Gasteiger charge is -2.30. The van der Waals surface area contributed by atoms with Crippen molar-refractivity contribution in [2.75, 3.05) is 34.4 Å². The number of ether oxygens (including phenoxy) is 3. The summed E-state index contributed by atoms with van der Waals surface area (Å²) in [5.41, 5.74) is 4.24. The van der Waals surface area contributed by atoms with Gasteiger partial charge in [-0.2, -0.15) is 0 Å². The van der Waals surface area contributed by atoms with Gasteiger partial charge in [0, 0.05) is 24.0 Å². The Hall–Kier alpha value is -3.58. The molecule has 0 aliphatic carbocycles. The summed E-state index contributed by atoms with van der Waals surface area (Å²) in [5.74, 6) is 0.693. The molecule has 166 valence electrons. The highest BCUT2D eigenvalue weighted by molar-refractivity contribution is 6.06. The van der Waals surface area contributed by atoms with Gasteiger partial charge in [0.05, 0.1) is 38.1 Å². The largest absolute Gasteiger partial charge is 0.493 e. The topological polar surface area (TPSA) is 81.1 Å². The van der Waals surface area contributed by atoms with E-state index < -0.39 is 5.97 Å². The number of hydrogen-bond donors (Lipinski definition) is 1. The summed E-state index contributed by atoms with van der Waals surface area (Å²) in [6.45, 7) is 4.05. The lowest BCUT2D eigenvalue weighted by molar-refractivity contribution is 0.0696. The van der Waals surface area contributed by atoms with Crippen molar-refractivity contribution in [1.29, 1.82) is 0 Å². The number of carboxylic acid groups (broad SMARTS) is 1. The van der Waals surface area contributed by atoms with Gasteiger partial charge in [-0.15, -0.1) is 0 Å². The van der Waals surface area contributed by atoms with Crippen LogP contribution in [0.5, 0.6) is 17.2 Å². The van der Waals surface area contributed by atoms with E-state index in [4.69, 9.17) is 19.2 Å². The Morgan fingerprint density at radius 1 is 1.09 bits per heavy atom. The van der Waals surface area contributed by atoms with Crippen LogP contribution in [-0.2, 0) is 6.54 Å². The molecule has 7 heteroatoms. The van der Waals surface area contributed by atoms with E-state index in [0.29, 0.717) is 46.8 Å². The van der Waals surface area contributed by atoms with Crippen molar-refractivity contribution in [1.82, 2.24) is 9.88 Å². The number of aromatic nitrogens is 1. The highest BCUT2D eigenvalue weighted by Crippen LogP contribution is 2.40. The summed E-state index contributed by atoms with van der Waals surface area (Å²) in [7, 11) is 4.73. The lowest BCUT2D eigenvalue weighted by Crippen LogP contribution is -2.31. The van der Waals surface area contributed by atoms with Gasteiger partial charge in [-0.25, -0.2) is 9.78 Å². The minimum atomic E-state index is -0.940. The Morgan fingerprint density at radius 2 is 1.78 bits per heavy atom. The van der Waals surface area contributed by atoms with Gasteiger partial charge in [-0.05, 0) is 42.0 Å². The Bertz CT molecular complexity index is 1190. The summed E-state index contributed by atoms with van der Waals surface area (Å²) in [4.78, 5) is 19.4. The molecule has 0 saturated carbocycles. The van der Waals surface area contributed by atoms with Gasteiger partial charge in [0.25, 0.3) is 0 Å². The molecule has 0 spiro atoms. The first-order valence-corrected chi connectivity index (χ1v) is 10.4. The molecule has 0 bridgehead atoms. The standard InChI is InChI=1S/C25H26N2O5/c1-5-27-13-16(10-15-11-20(30-2)24(32-4)21(12-15)31-3)23-18(14-27)22(25(28)29)17-8-6-7-9-19(17)26-23/h6-12H,5,13-14H2,1-4H3,(H,28,29)/b16-10+. The maximum absolute atomic E-state index is 12.3. The maximum atomic E-state index is 12.3. The first-order valence-electron chi connectivity index (χ1n) is 10.4. The van der Waals surface area contributed by atoms with Crippen molar-refractivity contribution in [3.8, 4) is 17.2 Å². The minimum absolute atomic E-state index is 0.319. The smallest absolute Gasteiger partial charge is 0.336 e. The van der Waals surface area contributed by atoms with Crippen LogP contribution in [0.1, 0.15) is 34.1 Å². The van der Waals surface area contributed by atoms with Crippen molar-refractivity contribution in [2.45, 2.75) is 13.5 Å². The van der Waals surface area contributed by atoms with Gasteiger partial charge in [-0.3, -0.25) is 4.90 Å². The molecule has 32 heavy (non-hydrogen) atoms. The number of aromatic carboxylic acids is 1. The molecule has 1 aliphatic rings. The Labute approximate surface area is 186 Å². The van der Waals surface area contributed by atoms with E-state index in [-0.39, 0.29) is 0 Å². The highest BCUT2D eigenvalue weighted by atomic mass is 16.5. The van der Waals surface area contributed by atoms with Crippen molar-refractivity contribution in [2.24, 2.45) is 0 Å². The van der Waals surface area contributed by atoms with E-state index in [0.717, 1.165) is 28.9 Å². The number of nitrogens with zero attached hydrogens (tertiary/aromatic N) is 2. The zero-order valence-corrected chi connectivity index (χ0v) is 18.6. The molecule has 0 radical (unpaired) electrons. The van der Waals surface area contributed by atoms with Crippen LogP contribution < -0.4 is 14.2 Å². The van der Waals surface area contributed by atoms with Crippen LogP contribution >= 0.6 is 0 Å². The van der Waals surface area contributed by atoms with Crippen LogP contribution in [0.3, 0.4) is 0 Å². The fourth-order valence-corrected chi connectivity index (χ4v) is 4.23. The monoisotopic (exact) mass is 434 g/mol. The number of rotatable bonds is 6. The fraction of sp³-hybridized carbons (Fsp3) is 0.280. The average molecular weight is 434 g/mol. The predicted octanol–water partition coefficient (Wildman–Crippen LogP) is 4.33. The summed E-state index contributed by atoms with van der Waals surface area (Å²) >= 11 is 0. The van der Waals surface area contributed by atoms with Crippen molar-refractivity contribution < 1.29 is 24.1 Å². The Balaban J connectivity index is 1.96. The van der Waals surface area contributed by atoms with E-state index in [9.17, 15) is 9.90 Å². The van der Waals surface area contributed by atoms with E-state index in [1.165, 1.54) is 0 Å². The van der Waals surface area contributed by atoms with E-state index in [2.05, 4.69) is 11.8 Å². The van der Waals surface area contributed by atoms with Gasteiger partial charge in [0.1, 0.15) is 0 Å². The summed E-state index contributed by atoms with van der Waals surface area (Å²) in [6.07, 6.45) is 2.01. The molecular weight excluding hydrogens is 408 g/mol. The van der Waals surface area contributed by atoms with Crippen molar-refractivity contribution in [3.63, 3.8) is 0 Å². The van der Waals surface area contributed by atoms with Crippen LogP contribution in [0.4, 0.5) is 0 Å². The third-order valence-corrected chi connectivity index (χ3v) is 5.76. The predicted molar refractivity (Wildman–Crippen MR) is 124 cm³/mol. The number of carbonyl (C=O) groups is 1. The van der Waals surface area contributed by atoms with Gasteiger partial charge < -0.3 is 19.3 Å². The number of methoxy groups -OCH3 is 3. The van der Waals surface area contributed by atoms with E-state index >= 15 is 0 Å². The molecule has 3 aromatic rings. The second-order valence-corrected chi connectivity index (χ2v) is 7.57. The lowest BCUT2D eigenvalue weighted by atomic mass is 9.92. The van der Waals surface area contributed by atoms with Crippen LogP contribution in [-0.4, -0.2) is 55.4 Å². The van der Waals surface area contributed by atoms with Crippen molar-refractivity contribution >= 4 is 28.5 Å². The molecule has 2 aromatic carbocycles. The summed E-state index contributed by atoms with van der Waals surface area (Å²) < 4.78 is 16.4. The second kappa shape index (κ2) is 8.88. The molecule has 1 aliphatic heterocycles. The van der Waals surface area contributed by atoms with Gasteiger partial charge in [-0.1, -0.05) is 25.1 Å². The molecule has 2 heterocycles. The average Bonchev–Trinajstić information content (AvgIpc) is 2.81. The number of benzene rings is 2. The molecule has 1 aromatic heterocycles. The number of fused-ring (bicyclic) bond motifs is 2. The highest BCUT2D eigenvalue weighted by Gasteiger charge is 2.28. The molecule has 7 nitrogen and oxygen atoms in total. The summed E-state index contributed by atoms with van der Waals surface area (Å²) in [5, 5.41) is 10.7. The first kappa shape index (κ1) is 21.6. The fourth-order valence-electron chi connectivity index (χ4n) is 4.23. The van der Waals surface area contributed by atoms with Gasteiger partial charge in [0.2, 0.25) is 5.75 Å². The van der Waals surface area contributed by atoms with Crippen molar-refractivity contribution in [3.05, 3.63) is 58.8 Å². The quantitative estimate of drug-likeness (QED) is 0.618. The molecule has 4 rings (SSSR count). The van der Waals surface area contributed by atoms with Crippen LogP contribution in [0.2, 0.25) is 0 Å². The number of para-hydroxylation sites is 1. The van der Waals surface area contributed by atoms with Crippen LogP contribution in [0.25, 0.3) is 22.6 Å². The number of pyridine rings is 1. The number of carboxylic acids is 1. The zero-order chi connectivity index (χ0) is 22.8. The minimum Gasteiger partial charge on any atom is -0.493 e. The molecule has 0 unspecified atom stereocenters. The first-order chi connectivity index (χ1) is 15.5. The molecule has 0 fully saturated rings. The SMILES string of the molecule is CCN1C/C(=C\c2cc(OC)c(OC)c(OC)c2)c2nc3ccccc3c(C(=O)O)c2C1. The van der Waals surface area contributed by atoms with Crippen LogP contribution in [0, 0.1) is 0 Å². The van der Waals surface area contributed by atoms with Gasteiger partial charge >= 0.3 is 5.97 Å². The number of hydrogen-bond acceptors (Lipinski definition) is 6. The third-order valence-electron chi connectivity index (χ3n) is 5.76. The molecular formula is C25H26N2O5. The molecule has 0 atom stereocenters. The van der Waals surface area contributed by atoms with E-state index in [1.54, 1.807) is 21.3 Å². The maximum Gasteiger partial charge on any atom is 0.336 e. The molecule has 1 N–H and O–H groups in total. The third kappa shape index (κ3) is 3.76. The van der Waals surface area contributed by atoms with E-state index in [1.807, 2.05) is 42.5 Å². The zero-order valence-electron chi connectivity index (χ0n) is 18.6. The Morgan fingerprint density at radius 3 is 2.38 bits per heavy atom. The van der Waals surface area contributed by atoms with Crippen LogP contribution in [0.15, 0.2) is 36.4 Å². The summed E-state index contributed by atoms with van der Waals surface area (Å²) in [6, 6.07) is 11.1.